The zero-order valence-corrected chi connectivity index (χ0v) is 33.3. The van der Waals surface area contributed by atoms with Gasteiger partial charge in [0.2, 0.25) is 0 Å². The van der Waals surface area contributed by atoms with E-state index < -0.39 is 0 Å². The fourth-order valence-corrected chi connectivity index (χ4v) is 6.54. The predicted molar refractivity (Wildman–Crippen MR) is 243 cm³/mol. The standard InChI is InChI=1S/3C18H15N.Fe/c3*1-4-10-16(11-5-1)19(17-12-6-2-7-13-17)18-14-8-3-9-15-18;/h3*1-15H;. The second kappa shape index (κ2) is 21.8. The van der Waals surface area contributed by atoms with Crippen molar-refractivity contribution in [2.24, 2.45) is 0 Å². The summed E-state index contributed by atoms with van der Waals surface area (Å²) >= 11 is 0. The van der Waals surface area contributed by atoms with Gasteiger partial charge in [0, 0.05) is 68.3 Å². The molecule has 0 aliphatic rings. The van der Waals surface area contributed by atoms with Crippen molar-refractivity contribution in [2.75, 3.05) is 14.7 Å². The molecule has 0 amide bonds. The Morgan fingerprint density at radius 1 is 0.138 bits per heavy atom. The fourth-order valence-electron chi connectivity index (χ4n) is 6.54. The first-order valence-electron chi connectivity index (χ1n) is 19.2. The van der Waals surface area contributed by atoms with E-state index in [2.05, 4.69) is 233 Å². The zero-order chi connectivity index (χ0) is 38.7. The van der Waals surface area contributed by atoms with Gasteiger partial charge in [0.05, 0.1) is 0 Å². The molecule has 9 aromatic carbocycles. The van der Waals surface area contributed by atoms with Crippen molar-refractivity contribution in [3.8, 4) is 0 Å². The number of hydrogen-bond acceptors (Lipinski definition) is 3. The van der Waals surface area contributed by atoms with Gasteiger partial charge in [-0.15, -0.1) is 0 Å². The van der Waals surface area contributed by atoms with Crippen LogP contribution >= 0.6 is 0 Å². The summed E-state index contributed by atoms with van der Waals surface area (Å²) in [6.07, 6.45) is 0. The first-order valence-corrected chi connectivity index (χ1v) is 19.2. The zero-order valence-electron chi connectivity index (χ0n) is 32.2. The summed E-state index contributed by atoms with van der Waals surface area (Å²) in [7, 11) is 0. The predicted octanol–water partition coefficient (Wildman–Crippen LogP) is 15.5. The average Bonchev–Trinajstić information content (AvgIpc) is 3.30. The van der Waals surface area contributed by atoms with Crippen molar-refractivity contribution in [2.45, 2.75) is 0 Å². The Hall–Kier alpha value is -7.10. The van der Waals surface area contributed by atoms with E-state index in [4.69, 9.17) is 0 Å². The summed E-state index contributed by atoms with van der Waals surface area (Å²) in [5.41, 5.74) is 10.5. The van der Waals surface area contributed by atoms with Gasteiger partial charge in [0.25, 0.3) is 0 Å². The number of para-hydroxylation sites is 9. The van der Waals surface area contributed by atoms with E-state index in [0.717, 1.165) is 0 Å². The molecule has 0 unspecified atom stereocenters. The molecule has 0 saturated heterocycles. The van der Waals surface area contributed by atoms with Crippen LogP contribution in [0.2, 0.25) is 0 Å². The van der Waals surface area contributed by atoms with Gasteiger partial charge in [0.1, 0.15) is 0 Å². The van der Waals surface area contributed by atoms with E-state index in [9.17, 15) is 0 Å². The van der Waals surface area contributed by atoms with Crippen LogP contribution in [0, 0.1) is 0 Å². The minimum Gasteiger partial charge on any atom is -0.311 e. The SMILES string of the molecule is [Fe].c1ccc(N(c2ccccc2)c2ccccc2)cc1.c1ccc(N(c2ccccc2)c2ccccc2)cc1.c1ccc(N(c2ccccc2)c2ccccc2)cc1. The minimum absolute atomic E-state index is 0. The Morgan fingerprint density at radius 2 is 0.224 bits per heavy atom. The molecule has 9 rings (SSSR count). The molecule has 0 N–H and O–H groups in total. The van der Waals surface area contributed by atoms with Gasteiger partial charge in [-0.2, -0.15) is 0 Å². The normalized spacial score (nSPS) is 9.93. The second-order valence-electron chi connectivity index (χ2n) is 13.0. The summed E-state index contributed by atoms with van der Waals surface area (Å²) in [4.78, 5) is 6.75. The monoisotopic (exact) mass is 791 g/mol. The number of benzene rings is 9. The van der Waals surface area contributed by atoms with Crippen LogP contribution in [0.25, 0.3) is 0 Å². The van der Waals surface area contributed by atoms with Crippen molar-refractivity contribution in [3.63, 3.8) is 0 Å². The maximum absolute atomic E-state index is 2.25. The molecule has 0 radical (unpaired) electrons. The van der Waals surface area contributed by atoms with E-state index in [1.807, 2.05) is 54.6 Å². The molecule has 4 heteroatoms. The van der Waals surface area contributed by atoms with E-state index in [0.29, 0.717) is 0 Å². The third-order valence-corrected chi connectivity index (χ3v) is 9.13. The van der Waals surface area contributed by atoms with Crippen LogP contribution in [-0.4, -0.2) is 0 Å². The maximum Gasteiger partial charge on any atom is 0.0461 e. The summed E-state index contributed by atoms with van der Waals surface area (Å²) in [5, 5.41) is 0. The summed E-state index contributed by atoms with van der Waals surface area (Å²) in [5.74, 6) is 0. The molecule has 284 valence electrons. The molecule has 9 aromatic rings. The van der Waals surface area contributed by atoms with E-state index in [1.54, 1.807) is 0 Å². The molecule has 0 aliphatic heterocycles. The van der Waals surface area contributed by atoms with Crippen LogP contribution in [0.5, 0.6) is 0 Å². The second-order valence-corrected chi connectivity index (χ2v) is 13.0. The molecule has 58 heavy (non-hydrogen) atoms. The van der Waals surface area contributed by atoms with Crippen LogP contribution in [0.4, 0.5) is 51.2 Å². The maximum atomic E-state index is 2.25. The van der Waals surface area contributed by atoms with Crippen molar-refractivity contribution in [1.82, 2.24) is 0 Å². The van der Waals surface area contributed by atoms with Crippen LogP contribution in [0.1, 0.15) is 0 Å². The van der Waals surface area contributed by atoms with E-state index >= 15 is 0 Å². The molecule has 0 bridgehead atoms. The van der Waals surface area contributed by atoms with Gasteiger partial charge in [-0.3, -0.25) is 0 Å². The van der Waals surface area contributed by atoms with Crippen molar-refractivity contribution in [1.29, 1.82) is 0 Å². The molecule has 0 atom stereocenters. The number of nitrogens with zero attached hydrogens (tertiary/aromatic N) is 3. The molecule has 0 saturated carbocycles. The average molecular weight is 792 g/mol. The topological polar surface area (TPSA) is 9.72 Å². The van der Waals surface area contributed by atoms with Gasteiger partial charge in [0.15, 0.2) is 0 Å². The van der Waals surface area contributed by atoms with Crippen LogP contribution in [0.3, 0.4) is 0 Å². The van der Waals surface area contributed by atoms with Gasteiger partial charge in [-0.25, -0.2) is 0 Å². The summed E-state index contributed by atoms with van der Waals surface area (Å²) < 4.78 is 0. The number of anilines is 9. The summed E-state index contributed by atoms with van der Waals surface area (Å²) in [6.45, 7) is 0. The molecule has 0 heterocycles. The smallest absolute Gasteiger partial charge is 0.0461 e. The molecular weight excluding hydrogens is 746 g/mol. The Kier molecular flexibility index (Phi) is 15.3. The number of hydrogen-bond donors (Lipinski definition) is 0. The molecular formula is C54H45FeN3. The largest absolute Gasteiger partial charge is 0.311 e. The van der Waals surface area contributed by atoms with Crippen molar-refractivity contribution in [3.05, 3.63) is 273 Å². The Morgan fingerprint density at radius 3 is 0.310 bits per heavy atom. The summed E-state index contributed by atoms with van der Waals surface area (Å²) in [6, 6.07) is 93.8. The first kappa shape index (κ1) is 40.6. The van der Waals surface area contributed by atoms with Gasteiger partial charge in [-0.05, 0) is 109 Å². The fraction of sp³-hybridized carbons (Fsp3) is 0. The third-order valence-electron chi connectivity index (χ3n) is 9.13. The first-order chi connectivity index (χ1) is 28.3. The quantitative estimate of drug-likeness (QED) is 0.135. The van der Waals surface area contributed by atoms with E-state index in [1.165, 1.54) is 51.2 Å². The molecule has 0 fully saturated rings. The van der Waals surface area contributed by atoms with Crippen LogP contribution in [0.15, 0.2) is 273 Å². The third kappa shape index (κ3) is 11.0. The van der Waals surface area contributed by atoms with Crippen LogP contribution in [-0.2, 0) is 17.1 Å². The Balaban J connectivity index is 0.000000145. The van der Waals surface area contributed by atoms with Gasteiger partial charge in [-0.1, -0.05) is 164 Å². The van der Waals surface area contributed by atoms with Crippen molar-refractivity contribution < 1.29 is 17.1 Å². The molecule has 0 aliphatic carbocycles. The van der Waals surface area contributed by atoms with Gasteiger partial charge >= 0.3 is 0 Å². The number of rotatable bonds is 9. The minimum atomic E-state index is 0. The molecule has 0 spiro atoms. The van der Waals surface area contributed by atoms with E-state index in [-0.39, 0.29) is 17.1 Å². The Labute approximate surface area is 354 Å². The molecule has 0 aromatic heterocycles. The van der Waals surface area contributed by atoms with Gasteiger partial charge < -0.3 is 14.7 Å². The van der Waals surface area contributed by atoms with Crippen molar-refractivity contribution >= 4 is 51.2 Å². The van der Waals surface area contributed by atoms with Crippen LogP contribution < -0.4 is 14.7 Å². The molecule has 3 nitrogen and oxygen atoms in total. The Bertz CT molecular complexity index is 1860.